The highest BCUT2D eigenvalue weighted by Crippen LogP contribution is 2.40. The zero-order valence-corrected chi connectivity index (χ0v) is 15.4. The van der Waals surface area contributed by atoms with E-state index >= 15 is 0 Å². The Morgan fingerprint density at radius 1 is 1.44 bits per heavy atom. The van der Waals surface area contributed by atoms with E-state index in [2.05, 4.69) is 28.3 Å². The minimum absolute atomic E-state index is 0.118. The molecule has 0 bridgehead atoms. The fourth-order valence-electron chi connectivity index (χ4n) is 3.10. The summed E-state index contributed by atoms with van der Waals surface area (Å²) in [5.74, 6) is 0.273. The van der Waals surface area contributed by atoms with Crippen LogP contribution in [0.5, 0.6) is 5.75 Å². The van der Waals surface area contributed by atoms with E-state index in [0.717, 1.165) is 37.3 Å². The minimum atomic E-state index is -0.305. The molecule has 1 atom stereocenters. The van der Waals surface area contributed by atoms with E-state index in [-0.39, 0.29) is 12.0 Å². The Labute approximate surface area is 153 Å². The first-order valence-corrected chi connectivity index (χ1v) is 9.38. The number of nitrogens with one attached hydrogen (secondary N) is 2. The molecular formula is C19H24N2O3S. The summed E-state index contributed by atoms with van der Waals surface area (Å²) in [6.45, 7) is 3.04. The number of benzene rings is 1. The lowest BCUT2D eigenvalue weighted by molar-refractivity contribution is -0.131. The lowest BCUT2D eigenvalue weighted by atomic mass is 9.92. The maximum Gasteiger partial charge on any atom is 0.308 e. The summed E-state index contributed by atoms with van der Waals surface area (Å²) in [4.78, 5) is 12.3. The molecule has 3 rings (SSSR count). The van der Waals surface area contributed by atoms with E-state index < -0.39 is 0 Å². The molecule has 1 heterocycles. The highest BCUT2D eigenvalue weighted by atomic mass is 32.2. The molecular weight excluding hydrogens is 336 g/mol. The van der Waals surface area contributed by atoms with Crippen LogP contribution in [0.15, 0.2) is 46.5 Å². The van der Waals surface area contributed by atoms with E-state index in [9.17, 15) is 4.79 Å². The lowest BCUT2D eigenvalue weighted by Crippen LogP contribution is -2.26. The first kappa shape index (κ1) is 18.0. The summed E-state index contributed by atoms with van der Waals surface area (Å²) in [5.41, 5.74) is 3.75. The van der Waals surface area contributed by atoms with Crippen LogP contribution in [0, 0.1) is 0 Å². The highest BCUT2D eigenvalue weighted by Gasteiger charge is 2.26. The highest BCUT2D eigenvalue weighted by molar-refractivity contribution is 7.97. The van der Waals surface area contributed by atoms with Crippen molar-refractivity contribution < 1.29 is 14.3 Å². The van der Waals surface area contributed by atoms with Crippen LogP contribution in [0.3, 0.4) is 0 Å². The zero-order valence-electron chi connectivity index (χ0n) is 14.6. The Hall–Kier alpha value is -1.76. The van der Waals surface area contributed by atoms with Gasteiger partial charge in [-0.3, -0.25) is 4.79 Å². The monoisotopic (exact) mass is 360 g/mol. The van der Waals surface area contributed by atoms with Crippen LogP contribution >= 0.6 is 11.9 Å². The molecule has 134 valence electrons. The predicted molar refractivity (Wildman–Crippen MR) is 99.4 cm³/mol. The zero-order chi connectivity index (χ0) is 17.6. The molecule has 1 aromatic carbocycles. The number of esters is 1. The van der Waals surface area contributed by atoms with Gasteiger partial charge in [0.15, 0.2) is 0 Å². The van der Waals surface area contributed by atoms with E-state index in [4.69, 9.17) is 9.47 Å². The average Bonchev–Trinajstić information content (AvgIpc) is 2.75. The van der Waals surface area contributed by atoms with Crippen LogP contribution in [-0.4, -0.2) is 26.2 Å². The number of rotatable bonds is 6. The van der Waals surface area contributed by atoms with Crippen LogP contribution in [0.2, 0.25) is 0 Å². The van der Waals surface area contributed by atoms with Gasteiger partial charge in [0.05, 0.1) is 6.04 Å². The topological polar surface area (TPSA) is 59.6 Å². The largest absolute Gasteiger partial charge is 0.427 e. The van der Waals surface area contributed by atoms with E-state index in [1.807, 2.05) is 12.1 Å². The maximum absolute atomic E-state index is 11.2. The molecule has 5 nitrogen and oxygen atoms in total. The van der Waals surface area contributed by atoms with Gasteiger partial charge in [-0.25, -0.2) is 0 Å². The van der Waals surface area contributed by atoms with Crippen molar-refractivity contribution in [3.8, 4) is 5.75 Å². The smallest absolute Gasteiger partial charge is 0.308 e. The summed E-state index contributed by atoms with van der Waals surface area (Å²) in [6.07, 6.45) is 7.47. The number of hydrogen-bond donors (Lipinski definition) is 2. The van der Waals surface area contributed by atoms with Gasteiger partial charge < -0.3 is 19.5 Å². The van der Waals surface area contributed by atoms with Gasteiger partial charge in [-0.15, -0.1) is 0 Å². The molecule has 0 aromatic heterocycles. The molecule has 1 aromatic rings. The Kier molecular flexibility index (Phi) is 6.18. The molecule has 1 unspecified atom stereocenters. The van der Waals surface area contributed by atoms with Crippen LogP contribution in [0.1, 0.15) is 37.8 Å². The van der Waals surface area contributed by atoms with Crippen LogP contribution < -0.4 is 14.8 Å². The van der Waals surface area contributed by atoms with Gasteiger partial charge in [0.25, 0.3) is 0 Å². The standard InChI is InChI=1S/C19H24N2O3S/c1-13(22)24-14-8-9-16-18(12-14)25-21-17-7-4-3-6-15(17)19(16)20-10-5-11-23-2/h3,6,8-9,12,19-21H,4-5,7,10-11H2,1-2H3. The average molecular weight is 360 g/mol. The SMILES string of the molecule is COCCCNC1C2=C(CCC=C2)NSc2cc(OC(C)=O)ccc21. The van der Waals surface area contributed by atoms with Crippen molar-refractivity contribution in [2.24, 2.45) is 0 Å². The molecule has 0 amide bonds. The van der Waals surface area contributed by atoms with Gasteiger partial charge in [-0.1, -0.05) is 18.2 Å². The normalized spacial score (nSPS) is 18.9. The van der Waals surface area contributed by atoms with E-state index in [0.29, 0.717) is 5.75 Å². The van der Waals surface area contributed by atoms with Gasteiger partial charge >= 0.3 is 5.97 Å². The van der Waals surface area contributed by atoms with Gasteiger partial charge in [0.1, 0.15) is 5.75 Å². The number of methoxy groups -OCH3 is 1. The van der Waals surface area contributed by atoms with Crippen molar-refractivity contribution in [3.63, 3.8) is 0 Å². The Bertz CT molecular complexity index is 700. The maximum atomic E-state index is 11.2. The second-order valence-electron chi connectivity index (χ2n) is 6.11. The Morgan fingerprint density at radius 2 is 2.32 bits per heavy atom. The van der Waals surface area contributed by atoms with Crippen LogP contribution in [0.25, 0.3) is 0 Å². The van der Waals surface area contributed by atoms with Crippen LogP contribution in [-0.2, 0) is 9.53 Å². The quantitative estimate of drug-likeness (QED) is 0.350. The van der Waals surface area contributed by atoms with E-state index in [1.165, 1.54) is 23.8 Å². The summed E-state index contributed by atoms with van der Waals surface area (Å²) in [6, 6.07) is 5.96. The molecule has 2 aliphatic rings. The van der Waals surface area contributed by atoms with Gasteiger partial charge in [0.2, 0.25) is 0 Å². The van der Waals surface area contributed by atoms with Gasteiger partial charge in [0, 0.05) is 31.2 Å². The predicted octanol–water partition coefficient (Wildman–Crippen LogP) is 3.49. The van der Waals surface area contributed by atoms with Crippen molar-refractivity contribution >= 4 is 17.9 Å². The minimum Gasteiger partial charge on any atom is -0.427 e. The number of hydrogen-bond acceptors (Lipinski definition) is 6. The molecule has 0 saturated carbocycles. The van der Waals surface area contributed by atoms with Gasteiger partial charge in [-0.05, 0) is 61.0 Å². The molecule has 1 aliphatic heterocycles. The van der Waals surface area contributed by atoms with Crippen molar-refractivity contribution in [2.75, 3.05) is 20.3 Å². The number of allylic oxidation sites excluding steroid dienone is 2. The number of fused-ring (bicyclic) bond motifs is 1. The van der Waals surface area contributed by atoms with Crippen molar-refractivity contribution in [1.82, 2.24) is 10.0 Å². The first-order chi connectivity index (χ1) is 12.2. The van der Waals surface area contributed by atoms with Crippen molar-refractivity contribution in [3.05, 3.63) is 47.2 Å². The first-order valence-electron chi connectivity index (χ1n) is 8.56. The fraction of sp³-hybridized carbons (Fsp3) is 0.421. The molecule has 1 aliphatic carbocycles. The third-order valence-electron chi connectivity index (χ3n) is 4.23. The molecule has 25 heavy (non-hydrogen) atoms. The second-order valence-corrected chi connectivity index (χ2v) is 6.95. The summed E-state index contributed by atoms with van der Waals surface area (Å²) in [7, 11) is 1.72. The number of ether oxygens (including phenoxy) is 2. The molecule has 0 fully saturated rings. The Balaban J connectivity index is 1.89. The molecule has 0 spiro atoms. The fourth-order valence-corrected chi connectivity index (χ4v) is 4.03. The molecule has 0 radical (unpaired) electrons. The van der Waals surface area contributed by atoms with Crippen molar-refractivity contribution in [1.29, 1.82) is 0 Å². The molecule has 2 N–H and O–H groups in total. The molecule has 0 saturated heterocycles. The lowest BCUT2D eigenvalue weighted by Gasteiger charge is -2.24. The van der Waals surface area contributed by atoms with E-state index in [1.54, 1.807) is 19.1 Å². The summed E-state index contributed by atoms with van der Waals surface area (Å²) < 4.78 is 13.9. The summed E-state index contributed by atoms with van der Waals surface area (Å²) in [5, 5.41) is 3.66. The Morgan fingerprint density at radius 3 is 3.12 bits per heavy atom. The molecule has 6 heteroatoms. The third kappa shape index (κ3) is 4.45. The van der Waals surface area contributed by atoms with Crippen LogP contribution in [0.4, 0.5) is 0 Å². The number of carbonyl (C=O) groups excluding carboxylic acids is 1. The van der Waals surface area contributed by atoms with Crippen molar-refractivity contribution in [2.45, 2.75) is 37.1 Å². The second kappa shape index (κ2) is 8.56. The number of carbonyl (C=O) groups is 1. The third-order valence-corrected chi connectivity index (χ3v) is 5.16. The summed E-state index contributed by atoms with van der Waals surface area (Å²) >= 11 is 1.59. The van der Waals surface area contributed by atoms with Gasteiger partial charge in [-0.2, -0.15) is 0 Å².